The summed E-state index contributed by atoms with van der Waals surface area (Å²) in [4.78, 5) is 17.7. The zero-order valence-electron chi connectivity index (χ0n) is 10.5. The Hall–Kier alpha value is -1.62. The van der Waals surface area contributed by atoms with Crippen LogP contribution >= 0.6 is 11.3 Å². The molecule has 4 nitrogen and oxygen atoms in total. The number of fused-ring (bicyclic) bond motifs is 1. The summed E-state index contributed by atoms with van der Waals surface area (Å²) in [5.74, 6) is 0.756. The zero-order chi connectivity index (χ0) is 13.0. The van der Waals surface area contributed by atoms with Crippen molar-refractivity contribution in [3.8, 4) is 0 Å². The van der Waals surface area contributed by atoms with Crippen molar-refractivity contribution in [1.29, 1.82) is 0 Å². The van der Waals surface area contributed by atoms with E-state index in [0.29, 0.717) is 13.0 Å². The fourth-order valence-electron chi connectivity index (χ4n) is 1.87. The van der Waals surface area contributed by atoms with Gasteiger partial charge in [-0.1, -0.05) is 0 Å². The molecule has 0 saturated carbocycles. The maximum atomic E-state index is 11.2. The summed E-state index contributed by atoms with van der Waals surface area (Å²) >= 11 is 1.70. The predicted octanol–water partition coefficient (Wildman–Crippen LogP) is 2.69. The normalized spacial score (nSPS) is 10.6. The fourth-order valence-corrected chi connectivity index (χ4v) is 2.65. The van der Waals surface area contributed by atoms with E-state index >= 15 is 0 Å². The fraction of sp³-hybridized carbons (Fsp3) is 0.385. The highest BCUT2D eigenvalue weighted by atomic mass is 32.1. The van der Waals surface area contributed by atoms with Crippen LogP contribution in [0.4, 0.5) is 5.82 Å². The molecule has 0 radical (unpaired) electrons. The molecule has 2 rings (SSSR count). The van der Waals surface area contributed by atoms with Crippen LogP contribution in [0.5, 0.6) is 0 Å². The third-order valence-electron chi connectivity index (χ3n) is 2.85. The molecular weight excluding hydrogens is 248 g/mol. The van der Waals surface area contributed by atoms with E-state index in [2.05, 4.69) is 33.0 Å². The Morgan fingerprint density at radius 1 is 1.50 bits per heavy atom. The van der Waals surface area contributed by atoms with Gasteiger partial charge in [-0.25, -0.2) is 4.98 Å². The Morgan fingerprint density at radius 3 is 3.06 bits per heavy atom. The Kier molecular flexibility index (Phi) is 4.15. The molecule has 0 N–H and O–H groups in total. The molecule has 0 aliphatic carbocycles. The highest BCUT2D eigenvalue weighted by Gasteiger charge is 2.12. The molecule has 18 heavy (non-hydrogen) atoms. The van der Waals surface area contributed by atoms with Crippen molar-refractivity contribution < 1.29 is 9.53 Å². The number of carbonyl (C=O) groups excluding carboxylic acids is 1. The number of esters is 1. The molecule has 0 fully saturated rings. The number of rotatable bonds is 5. The number of hydrogen-bond donors (Lipinski definition) is 0. The Labute approximate surface area is 110 Å². The molecule has 2 aromatic rings. The van der Waals surface area contributed by atoms with Crippen LogP contribution in [-0.2, 0) is 9.53 Å². The van der Waals surface area contributed by atoms with Crippen molar-refractivity contribution in [3.63, 3.8) is 0 Å². The summed E-state index contributed by atoms with van der Waals surface area (Å²) in [7, 11) is 1.41. The van der Waals surface area contributed by atoms with Crippen molar-refractivity contribution in [3.05, 3.63) is 23.7 Å². The van der Waals surface area contributed by atoms with E-state index in [-0.39, 0.29) is 5.97 Å². The number of nitrogens with zero attached hydrogens (tertiary/aromatic N) is 2. The SMILES string of the molecule is CCN(CCC(=O)OC)c1nccc2sccc12. The number of carbonyl (C=O) groups is 1. The van der Waals surface area contributed by atoms with Crippen LogP contribution < -0.4 is 4.90 Å². The molecule has 0 bridgehead atoms. The van der Waals surface area contributed by atoms with Gasteiger partial charge in [0, 0.05) is 29.4 Å². The van der Waals surface area contributed by atoms with Gasteiger partial charge in [-0.2, -0.15) is 0 Å². The molecule has 0 amide bonds. The molecule has 0 aromatic carbocycles. The molecule has 0 spiro atoms. The van der Waals surface area contributed by atoms with Gasteiger partial charge in [0.05, 0.1) is 13.5 Å². The lowest BCUT2D eigenvalue weighted by Crippen LogP contribution is -2.27. The van der Waals surface area contributed by atoms with E-state index < -0.39 is 0 Å². The van der Waals surface area contributed by atoms with Crippen molar-refractivity contribution in [2.24, 2.45) is 0 Å². The number of thiophene rings is 1. The third kappa shape index (κ3) is 2.61. The molecule has 0 aliphatic rings. The van der Waals surface area contributed by atoms with E-state index in [4.69, 9.17) is 0 Å². The molecule has 96 valence electrons. The first-order chi connectivity index (χ1) is 8.76. The average Bonchev–Trinajstić information content (AvgIpc) is 2.88. The van der Waals surface area contributed by atoms with Crippen LogP contribution in [0.15, 0.2) is 23.7 Å². The first-order valence-electron chi connectivity index (χ1n) is 5.90. The topological polar surface area (TPSA) is 42.4 Å². The van der Waals surface area contributed by atoms with E-state index in [0.717, 1.165) is 17.7 Å². The van der Waals surface area contributed by atoms with Gasteiger partial charge in [0.1, 0.15) is 5.82 Å². The second-order valence-electron chi connectivity index (χ2n) is 3.87. The molecule has 0 unspecified atom stereocenters. The molecule has 2 heterocycles. The predicted molar refractivity (Wildman–Crippen MR) is 74.1 cm³/mol. The van der Waals surface area contributed by atoms with Crippen LogP contribution in [0.25, 0.3) is 10.1 Å². The van der Waals surface area contributed by atoms with Gasteiger partial charge in [0.25, 0.3) is 0 Å². The first kappa shape index (κ1) is 12.8. The number of aromatic nitrogens is 1. The van der Waals surface area contributed by atoms with E-state index in [1.165, 1.54) is 11.8 Å². The van der Waals surface area contributed by atoms with E-state index in [1.54, 1.807) is 11.3 Å². The van der Waals surface area contributed by atoms with Crippen molar-refractivity contribution in [2.75, 3.05) is 25.1 Å². The second kappa shape index (κ2) is 5.82. The van der Waals surface area contributed by atoms with Gasteiger partial charge in [-0.3, -0.25) is 4.79 Å². The Bertz CT molecular complexity index is 539. The maximum Gasteiger partial charge on any atom is 0.307 e. The van der Waals surface area contributed by atoms with Crippen molar-refractivity contribution in [2.45, 2.75) is 13.3 Å². The number of hydrogen-bond acceptors (Lipinski definition) is 5. The first-order valence-corrected chi connectivity index (χ1v) is 6.78. The maximum absolute atomic E-state index is 11.2. The average molecular weight is 264 g/mol. The zero-order valence-corrected chi connectivity index (χ0v) is 11.4. The minimum atomic E-state index is -0.189. The third-order valence-corrected chi connectivity index (χ3v) is 3.74. The van der Waals surface area contributed by atoms with Gasteiger partial charge >= 0.3 is 5.97 Å². The lowest BCUT2D eigenvalue weighted by atomic mass is 10.3. The summed E-state index contributed by atoms with van der Waals surface area (Å²) < 4.78 is 5.89. The van der Waals surface area contributed by atoms with Crippen LogP contribution in [-0.4, -0.2) is 31.2 Å². The lowest BCUT2D eigenvalue weighted by Gasteiger charge is -2.22. The summed E-state index contributed by atoms with van der Waals surface area (Å²) in [6.45, 7) is 3.51. The van der Waals surface area contributed by atoms with Crippen LogP contribution in [0, 0.1) is 0 Å². The van der Waals surface area contributed by atoms with Crippen LogP contribution in [0.2, 0.25) is 0 Å². The number of ether oxygens (including phenoxy) is 1. The largest absolute Gasteiger partial charge is 0.469 e. The van der Waals surface area contributed by atoms with Gasteiger partial charge in [-0.15, -0.1) is 11.3 Å². The van der Waals surface area contributed by atoms with E-state index in [9.17, 15) is 4.79 Å². The molecule has 0 atom stereocenters. The summed E-state index contributed by atoms with van der Waals surface area (Å²) in [5, 5.41) is 3.21. The van der Waals surface area contributed by atoms with Crippen molar-refractivity contribution >= 4 is 33.2 Å². The van der Waals surface area contributed by atoms with Crippen LogP contribution in [0.1, 0.15) is 13.3 Å². The second-order valence-corrected chi connectivity index (χ2v) is 4.82. The minimum Gasteiger partial charge on any atom is -0.469 e. The summed E-state index contributed by atoms with van der Waals surface area (Å²) in [6, 6.07) is 4.08. The molecular formula is C13H16N2O2S. The van der Waals surface area contributed by atoms with Crippen molar-refractivity contribution in [1.82, 2.24) is 4.98 Å². The number of pyridine rings is 1. The standard InChI is InChI=1S/C13H16N2O2S/c1-3-15(8-5-12(16)17-2)13-10-6-9-18-11(10)4-7-14-13/h4,6-7,9H,3,5,8H2,1-2H3. The molecule has 5 heteroatoms. The van der Waals surface area contributed by atoms with Gasteiger partial charge in [-0.05, 0) is 24.4 Å². The lowest BCUT2D eigenvalue weighted by molar-refractivity contribution is -0.140. The molecule has 2 aromatic heterocycles. The minimum absolute atomic E-state index is 0.189. The highest BCUT2D eigenvalue weighted by molar-refractivity contribution is 7.17. The monoisotopic (exact) mass is 264 g/mol. The van der Waals surface area contributed by atoms with Gasteiger partial charge < -0.3 is 9.64 Å². The molecule has 0 saturated heterocycles. The summed E-state index contributed by atoms with van der Waals surface area (Å²) in [6.07, 6.45) is 2.20. The van der Waals surface area contributed by atoms with Gasteiger partial charge in [0.2, 0.25) is 0 Å². The smallest absolute Gasteiger partial charge is 0.307 e. The Balaban J connectivity index is 2.21. The number of methoxy groups -OCH3 is 1. The quantitative estimate of drug-likeness (QED) is 0.779. The summed E-state index contributed by atoms with van der Waals surface area (Å²) in [5.41, 5.74) is 0. The number of anilines is 1. The molecule has 0 aliphatic heterocycles. The Morgan fingerprint density at radius 2 is 2.33 bits per heavy atom. The highest BCUT2D eigenvalue weighted by Crippen LogP contribution is 2.28. The van der Waals surface area contributed by atoms with Crippen LogP contribution in [0.3, 0.4) is 0 Å². The van der Waals surface area contributed by atoms with E-state index in [1.807, 2.05) is 12.3 Å². The van der Waals surface area contributed by atoms with Gasteiger partial charge in [0.15, 0.2) is 0 Å².